The van der Waals surface area contributed by atoms with Crippen molar-refractivity contribution in [2.24, 2.45) is 5.92 Å². The highest BCUT2D eigenvalue weighted by atomic mass is 19.3. The second-order valence-electron chi connectivity index (χ2n) is 11.0. The topological polar surface area (TPSA) is 136 Å². The van der Waals surface area contributed by atoms with Gasteiger partial charge in [-0.2, -0.15) is 0 Å². The van der Waals surface area contributed by atoms with Crippen LogP contribution in [0.2, 0.25) is 0 Å². The van der Waals surface area contributed by atoms with Gasteiger partial charge < -0.3 is 24.7 Å². The number of carbonyl (C=O) groups excluding carboxylic acids is 2. The van der Waals surface area contributed by atoms with Crippen LogP contribution in [0.1, 0.15) is 79.3 Å². The number of benzene rings is 1. The van der Waals surface area contributed by atoms with Crippen LogP contribution in [-0.4, -0.2) is 63.9 Å². The van der Waals surface area contributed by atoms with Crippen LogP contribution in [0.3, 0.4) is 0 Å². The van der Waals surface area contributed by atoms with E-state index in [1.807, 2.05) is 26.0 Å². The van der Waals surface area contributed by atoms with Crippen molar-refractivity contribution in [3.63, 3.8) is 0 Å². The van der Waals surface area contributed by atoms with E-state index in [9.17, 15) is 18.4 Å². The molecule has 1 aromatic carbocycles. The first-order valence-corrected chi connectivity index (χ1v) is 12.9. The molecule has 0 spiro atoms. The Labute approximate surface area is 223 Å². The van der Waals surface area contributed by atoms with Crippen molar-refractivity contribution in [1.82, 2.24) is 30.8 Å². The number of nitrogens with one attached hydrogen (secondary N) is 2. The van der Waals surface area contributed by atoms with Gasteiger partial charge in [0, 0.05) is 26.5 Å². The van der Waals surface area contributed by atoms with Gasteiger partial charge in [-0.05, 0) is 62.4 Å². The average molecular weight is 547 g/mol. The molecular formula is C26H32F2N6O5. The molecule has 0 bridgehead atoms. The van der Waals surface area contributed by atoms with E-state index >= 15 is 0 Å². The molecule has 13 heteroatoms. The molecule has 2 fully saturated rings. The maximum atomic E-state index is 13.9. The molecule has 1 aliphatic heterocycles. The van der Waals surface area contributed by atoms with Crippen LogP contribution in [0.25, 0.3) is 11.1 Å². The summed E-state index contributed by atoms with van der Waals surface area (Å²) in [6.45, 7) is 6.27. The van der Waals surface area contributed by atoms with Gasteiger partial charge in [0.1, 0.15) is 17.3 Å². The molecule has 11 nitrogen and oxygen atoms in total. The van der Waals surface area contributed by atoms with E-state index in [-0.39, 0.29) is 67.4 Å². The molecule has 3 aromatic rings. The number of carbonyl (C=O) groups is 2. The fourth-order valence-corrected chi connectivity index (χ4v) is 5.40. The fraction of sp³-hybridized carbons (Fsp3) is 0.577. The number of methoxy groups -OCH3 is 1. The van der Waals surface area contributed by atoms with Crippen molar-refractivity contribution in [2.45, 2.75) is 70.0 Å². The molecule has 1 aliphatic carbocycles. The highest BCUT2D eigenvalue weighted by molar-refractivity contribution is 5.93. The fourth-order valence-electron chi connectivity index (χ4n) is 5.40. The maximum absolute atomic E-state index is 13.9. The molecule has 39 heavy (non-hydrogen) atoms. The van der Waals surface area contributed by atoms with Gasteiger partial charge in [0.15, 0.2) is 11.3 Å². The second-order valence-corrected chi connectivity index (χ2v) is 11.0. The standard InChI is InChI=1S/C26H32F2N6O5/c1-14-20(33-39-32-14)22(35)30-21(15-7-9-26(27,28)10-8-15)23-29-17-11-16(5-6-19(17)38-23)18(12-37-4)34-13-25(2,3)31-24(34)36/h5-6,11,15,18,21H,7-10,12-13H2,1-4H3,(H,30,35)(H,31,36). The van der Waals surface area contributed by atoms with Crippen molar-refractivity contribution in [3.05, 3.63) is 41.0 Å². The van der Waals surface area contributed by atoms with E-state index < -0.39 is 17.9 Å². The normalized spacial score (nSPS) is 20.7. The summed E-state index contributed by atoms with van der Waals surface area (Å²) in [5, 5.41) is 13.1. The predicted molar refractivity (Wildman–Crippen MR) is 134 cm³/mol. The molecule has 2 N–H and O–H groups in total. The number of hydrogen-bond acceptors (Lipinski definition) is 8. The first-order chi connectivity index (χ1) is 18.5. The number of halogens is 2. The molecule has 2 unspecified atom stereocenters. The Balaban J connectivity index is 1.46. The number of hydrogen-bond donors (Lipinski definition) is 2. The van der Waals surface area contributed by atoms with Gasteiger partial charge >= 0.3 is 6.03 Å². The number of alkyl halides is 2. The molecule has 210 valence electrons. The van der Waals surface area contributed by atoms with E-state index in [1.54, 1.807) is 25.0 Å². The van der Waals surface area contributed by atoms with Gasteiger partial charge in [0.2, 0.25) is 11.8 Å². The van der Waals surface area contributed by atoms with Gasteiger partial charge in [0.25, 0.3) is 5.91 Å². The summed E-state index contributed by atoms with van der Waals surface area (Å²) in [6.07, 6.45) is -0.195. The monoisotopic (exact) mass is 546 g/mol. The molecule has 2 aliphatic rings. The molecule has 1 saturated heterocycles. The highest BCUT2D eigenvalue weighted by Gasteiger charge is 2.41. The van der Waals surface area contributed by atoms with E-state index in [2.05, 4.69) is 30.6 Å². The van der Waals surface area contributed by atoms with Gasteiger partial charge in [0.05, 0.1) is 18.2 Å². The summed E-state index contributed by atoms with van der Waals surface area (Å²) in [4.78, 5) is 32.1. The number of amides is 3. The largest absolute Gasteiger partial charge is 0.438 e. The number of aryl methyl sites for hydroxylation is 1. The molecule has 2 atom stereocenters. The summed E-state index contributed by atoms with van der Waals surface area (Å²) >= 11 is 0. The van der Waals surface area contributed by atoms with Crippen molar-refractivity contribution < 1.29 is 32.2 Å². The Hall–Kier alpha value is -3.61. The lowest BCUT2D eigenvalue weighted by Gasteiger charge is -2.32. The second kappa shape index (κ2) is 10.2. The molecule has 3 heterocycles. The van der Waals surface area contributed by atoms with Gasteiger partial charge in [-0.15, -0.1) is 0 Å². The van der Waals surface area contributed by atoms with E-state index in [4.69, 9.17) is 9.15 Å². The third-order valence-corrected chi connectivity index (χ3v) is 7.44. The Bertz CT molecular complexity index is 1360. The van der Waals surface area contributed by atoms with Crippen molar-refractivity contribution >= 4 is 23.0 Å². The van der Waals surface area contributed by atoms with E-state index in [1.165, 1.54) is 0 Å². The molecule has 0 radical (unpaired) electrons. The van der Waals surface area contributed by atoms with Crippen LogP contribution in [0, 0.1) is 12.8 Å². The SMILES string of the molecule is COCC(c1ccc2oc(C(NC(=O)c3nonc3C)C3CCC(F)(F)CC3)nc2c1)N1CC(C)(C)NC1=O. The average Bonchev–Trinajstić information content (AvgIpc) is 3.56. The highest BCUT2D eigenvalue weighted by Crippen LogP contribution is 2.42. The Kier molecular flexibility index (Phi) is 7.04. The summed E-state index contributed by atoms with van der Waals surface area (Å²) in [7, 11) is 1.58. The number of oxazole rings is 1. The summed E-state index contributed by atoms with van der Waals surface area (Å²) in [5.74, 6) is -3.40. The zero-order valence-electron chi connectivity index (χ0n) is 22.3. The molecular weight excluding hydrogens is 514 g/mol. The lowest BCUT2D eigenvalue weighted by Crippen LogP contribution is -2.37. The van der Waals surface area contributed by atoms with Crippen LogP contribution in [0.5, 0.6) is 0 Å². The zero-order valence-corrected chi connectivity index (χ0v) is 22.3. The maximum Gasteiger partial charge on any atom is 0.318 e. The zero-order chi connectivity index (χ0) is 27.9. The van der Waals surface area contributed by atoms with Crippen molar-refractivity contribution in [2.75, 3.05) is 20.3 Å². The first-order valence-electron chi connectivity index (χ1n) is 12.9. The predicted octanol–water partition coefficient (Wildman–Crippen LogP) is 4.31. The first kappa shape index (κ1) is 27.0. The number of nitrogens with zero attached hydrogens (tertiary/aromatic N) is 4. The Morgan fingerprint density at radius 3 is 2.64 bits per heavy atom. The van der Waals surface area contributed by atoms with Crippen LogP contribution in [0.4, 0.5) is 13.6 Å². The minimum Gasteiger partial charge on any atom is -0.438 e. The minimum absolute atomic E-state index is 0.00811. The summed E-state index contributed by atoms with van der Waals surface area (Å²) < 4.78 is 44.0. The van der Waals surface area contributed by atoms with Gasteiger partial charge in [-0.25, -0.2) is 23.2 Å². The lowest BCUT2D eigenvalue weighted by molar-refractivity contribution is -0.0503. The van der Waals surface area contributed by atoms with Crippen LogP contribution in [-0.2, 0) is 4.74 Å². The number of rotatable bonds is 8. The number of urea groups is 1. The number of aromatic nitrogens is 3. The molecule has 3 amide bonds. The van der Waals surface area contributed by atoms with Crippen molar-refractivity contribution in [3.8, 4) is 0 Å². The van der Waals surface area contributed by atoms with Crippen molar-refractivity contribution in [1.29, 1.82) is 0 Å². The number of ether oxygens (including phenoxy) is 1. The summed E-state index contributed by atoms with van der Waals surface area (Å²) in [5.41, 5.74) is 1.72. The smallest absolute Gasteiger partial charge is 0.318 e. The quantitative estimate of drug-likeness (QED) is 0.427. The summed E-state index contributed by atoms with van der Waals surface area (Å²) in [6, 6.07) is 4.11. The molecule has 1 saturated carbocycles. The third-order valence-electron chi connectivity index (χ3n) is 7.44. The Morgan fingerprint density at radius 1 is 1.28 bits per heavy atom. The van der Waals surface area contributed by atoms with Crippen LogP contribution < -0.4 is 10.6 Å². The van der Waals surface area contributed by atoms with Gasteiger partial charge in [-0.1, -0.05) is 11.2 Å². The van der Waals surface area contributed by atoms with Crippen LogP contribution >= 0.6 is 0 Å². The van der Waals surface area contributed by atoms with E-state index in [0.717, 1.165) is 5.56 Å². The Morgan fingerprint density at radius 2 is 2.03 bits per heavy atom. The number of fused-ring (bicyclic) bond motifs is 1. The minimum atomic E-state index is -2.74. The van der Waals surface area contributed by atoms with E-state index in [0.29, 0.717) is 23.3 Å². The third kappa shape index (κ3) is 5.58. The van der Waals surface area contributed by atoms with Gasteiger partial charge in [-0.3, -0.25) is 4.79 Å². The molecule has 2 aromatic heterocycles. The molecule has 5 rings (SSSR count). The van der Waals surface area contributed by atoms with Crippen LogP contribution in [0.15, 0.2) is 27.2 Å². The lowest BCUT2D eigenvalue weighted by atomic mass is 9.82.